The van der Waals surface area contributed by atoms with Crippen LogP contribution in [0.1, 0.15) is 44.0 Å². The first-order valence-electron chi connectivity index (χ1n) is 8.84. The molecule has 0 radical (unpaired) electrons. The second-order valence-electron chi connectivity index (χ2n) is 6.64. The molecule has 1 aliphatic heterocycles. The number of hydrogen-bond acceptors (Lipinski definition) is 4. The molecule has 2 aromatic rings. The van der Waals surface area contributed by atoms with Gasteiger partial charge in [0.2, 0.25) is 5.91 Å². The molecule has 0 saturated carbocycles. The van der Waals surface area contributed by atoms with Crippen LogP contribution in [0.4, 0.5) is 0 Å². The van der Waals surface area contributed by atoms with E-state index in [0.717, 1.165) is 48.5 Å². The second-order valence-corrected chi connectivity index (χ2v) is 6.64. The number of likely N-dealkylation sites (tertiary alicyclic amines) is 1. The molecule has 1 N–H and O–H groups in total. The van der Waals surface area contributed by atoms with Gasteiger partial charge in [-0.3, -0.25) is 9.69 Å². The predicted octanol–water partition coefficient (Wildman–Crippen LogP) is 2.82. The molecule has 2 heterocycles. The average Bonchev–Trinajstić information content (AvgIpc) is 2.57. The van der Waals surface area contributed by atoms with Crippen LogP contribution in [0, 0.1) is 6.92 Å². The van der Waals surface area contributed by atoms with Gasteiger partial charge in [0.15, 0.2) is 0 Å². The molecule has 5 nitrogen and oxygen atoms in total. The maximum atomic E-state index is 11.1. The lowest BCUT2D eigenvalue weighted by atomic mass is 9.99. The van der Waals surface area contributed by atoms with E-state index in [2.05, 4.69) is 10.2 Å². The molecule has 0 bridgehead atoms. The maximum Gasteiger partial charge on any atom is 0.216 e. The minimum absolute atomic E-state index is 0.0496. The van der Waals surface area contributed by atoms with Gasteiger partial charge in [0.25, 0.3) is 0 Å². The normalized spacial score (nSPS) is 18.7. The van der Waals surface area contributed by atoms with Gasteiger partial charge in [-0.05, 0) is 44.9 Å². The number of carbonyl (C=O) groups excluding carboxylic acids is 1. The number of piperidine rings is 1. The number of benzene rings is 1. The smallest absolute Gasteiger partial charge is 0.216 e. The molecule has 1 aliphatic rings. The van der Waals surface area contributed by atoms with Crippen LogP contribution in [0.25, 0.3) is 11.0 Å². The van der Waals surface area contributed by atoms with Crippen LogP contribution < -0.4 is 5.32 Å². The zero-order chi connectivity index (χ0) is 16.9. The highest BCUT2D eigenvalue weighted by molar-refractivity contribution is 5.74. The van der Waals surface area contributed by atoms with Gasteiger partial charge in [-0.25, -0.2) is 9.97 Å². The lowest BCUT2D eigenvalue weighted by Gasteiger charge is -2.35. The monoisotopic (exact) mass is 326 g/mol. The summed E-state index contributed by atoms with van der Waals surface area (Å²) in [7, 11) is 0. The molecule has 1 aromatic heterocycles. The van der Waals surface area contributed by atoms with Crippen molar-refractivity contribution < 1.29 is 4.79 Å². The quantitative estimate of drug-likeness (QED) is 0.918. The van der Waals surface area contributed by atoms with Crippen LogP contribution >= 0.6 is 0 Å². The van der Waals surface area contributed by atoms with Crippen molar-refractivity contribution >= 4 is 16.9 Å². The van der Waals surface area contributed by atoms with E-state index in [4.69, 9.17) is 9.97 Å². The summed E-state index contributed by atoms with van der Waals surface area (Å²) in [6.45, 7) is 6.31. The average molecular weight is 326 g/mol. The highest BCUT2D eigenvalue weighted by Crippen LogP contribution is 2.22. The van der Waals surface area contributed by atoms with E-state index in [-0.39, 0.29) is 5.91 Å². The topological polar surface area (TPSA) is 58.1 Å². The number of carbonyl (C=O) groups is 1. The van der Waals surface area contributed by atoms with Crippen molar-refractivity contribution in [2.45, 2.75) is 52.1 Å². The van der Waals surface area contributed by atoms with Crippen LogP contribution in [0.3, 0.4) is 0 Å². The Labute approximate surface area is 143 Å². The van der Waals surface area contributed by atoms with Gasteiger partial charge in [0, 0.05) is 26.1 Å². The SMILES string of the molecule is CC(=O)NCC[C@@H]1CCCCN1Cc1nc2ccccc2nc1C. The Kier molecular flexibility index (Phi) is 5.41. The molecule has 3 rings (SSSR count). The summed E-state index contributed by atoms with van der Waals surface area (Å²) in [4.78, 5) is 23.1. The van der Waals surface area contributed by atoms with Crippen molar-refractivity contribution in [3.63, 3.8) is 0 Å². The molecule has 1 fully saturated rings. The predicted molar refractivity (Wildman–Crippen MR) is 95.6 cm³/mol. The van der Waals surface area contributed by atoms with Crippen LogP contribution in [0.2, 0.25) is 0 Å². The third kappa shape index (κ3) is 4.09. The third-order valence-electron chi connectivity index (χ3n) is 4.80. The van der Waals surface area contributed by atoms with E-state index >= 15 is 0 Å². The molecule has 1 atom stereocenters. The zero-order valence-corrected chi connectivity index (χ0v) is 14.6. The van der Waals surface area contributed by atoms with E-state index in [1.807, 2.05) is 31.2 Å². The number of amides is 1. The molecule has 24 heavy (non-hydrogen) atoms. The van der Waals surface area contributed by atoms with E-state index in [1.165, 1.54) is 19.3 Å². The molecule has 0 spiro atoms. The number of nitrogens with zero attached hydrogens (tertiary/aromatic N) is 3. The van der Waals surface area contributed by atoms with Crippen molar-refractivity contribution in [3.05, 3.63) is 35.7 Å². The van der Waals surface area contributed by atoms with Crippen LogP contribution in [-0.4, -0.2) is 39.9 Å². The minimum Gasteiger partial charge on any atom is -0.356 e. The zero-order valence-electron chi connectivity index (χ0n) is 14.6. The highest BCUT2D eigenvalue weighted by atomic mass is 16.1. The van der Waals surface area contributed by atoms with Gasteiger partial charge < -0.3 is 5.32 Å². The first kappa shape index (κ1) is 16.8. The number of nitrogens with one attached hydrogen (secondary N) is 1. The summed E-state index contributed by atoms with van der Waals surface area (Å²) in [5.74, 6) is 0.0496. The molecule has 5 heteroatoms. The summed E-state index contributed by atoms with van der Waals surface area (Å²) >= 11 is 0. The van der Waals surface area contributed by atoms with Crippen molar-refractivity contribution in [1.82, 2.24) is 20.2 Å². The number of fused-ring (bicyclic) bond motifs is 1. The van der Waals surface area contributed by atoms with Gasteiger partial charge in [0.05, 0.1) is 22.4 Å². The molecule has 1 amide bonds. The largest absolute Gasteiger partial charge is 0.356 e. The second kappa shape index (κ2) is 7.71. The number of hydrogen-bond donors (Lipinski definition) is 1. The number of aryl methyl sites for hydroxylation is 1. The fourth-order valence-electron chi connectivity index (χ4n) is 3.48. The minimum atomic E-state index is 0.0496. The number of para-hydroxylation sites is 2. The summed E-state index contributed by atoms with van der Waals surface area (Å²) in [6.07, 6.45) is 4.69. The first-order chi connectivity index (χ1) is 11.6. The van der Waals surface area contributed by atoms with Crippen LogP contribution in [-0.2, 0) is 11.3 Å². The standard InChI is InChI=1S/C19H26N4O/c1-14-19(22-18-9-4-3-8-17(18)21-14)13-23-12-6-5-7-16(23)10-11-20-15(2)24/h3-4,8-9,16H,5-7,10-13H2,1-2H3,(H,20,24)/t16-/m0/s1. The molecule has 1 aromatic carbocycles. The van der Waals surface area contributed by atoms with Crippen LogP contribution in [0.5, 0.6) is 0 Å². The number of rotatable bonds is 5. The van der Waals surface area contributed by atoms with E-state index in [0.29, 0.717) is 6.04 Å². The van der Waals surface area contributed by atoms with Crippen LogP contribution in [0.15, 0.2) is 24.3 Å². The van der Waals surface area contributed by atoms with Crippen molar-refractivity contribution in [2.75, 3.05) is 13.1 Å². The van der Waals surface area contributed by atoms with E-state index < -0.39 is 0 Å². The Balaban J connectivity index is 1.72. The lowest BCUT2D eigenvalue weighted by Crippen LogP contribution is -2.41. The third-order valence-corrected chi connectivity index (χ3v) is 4.80. The molecular weight excluding hydrogens is 300 g/mol. The van der Waals surface area contributed by atoms with Gasteiger partial charge in [0.1, 0.15) is 0 Å². The summed E-state index contributed by atoms with van der Waals surface area (Å²) in [5.41, 5.74) is 4.00. The van der Waals surface area contributed by atoms with E-state index in [1.54, 1.807) is 6.92 Å². The van der Waals surface area contributed by atoms with Gasteiger partial charge in [-0.15, -0.1) is 0 Å². The Bertz CT molecular complexity index is 716. The van der Waals surface area contributed by atoms with Gasteiger partial charge >= 0.3 is 0 Å². The Hall–Kier alpha value is -2.01. The fourth-order valence-corrected chi connectivity index (χ4v) is 3.48. The van der Waals surface area contributed by atoms with Crippen molar-refractivity contribution in [3.8, 4) is 0 Å². The summed E-state index contributed by atoms with van der Waals surface area (Å²) < 4.78 is 0. The van der Waals surface area contributed by atoms with Crippen molar-refractivity contribution in [1.29, 1.82) is 0 Å². The van der Waals surface area contributed by atoms with Crippen molar-refractivity contribution in [2.24, 2.45) is 0 Å². The van der Waals surface area contributed by atoms with Gasteiger partial charge in [-0.1, -0.05) is 18.6 Å². The Morgan fingerprint density at radius 2 is 2.00 bits per heavy atom. The molecule has 128 valence electrons. The van der Waals surface area contributed by atoms with E-state index in [9.17, 15) is 4.79 Å². The molecule has 1 saturated heterocycles. The summed E-state index contributed by atoms with van der Waals surface area (Å²) in [5, 5.41) is 2.92. The first-order valence-corrected chi connectivity index (χ1v) is 8.84. The lowest BCUT2D eigenvalue weighted by molar-refractivity contribution is -0.119. The number of aromatic nitrogens is 2. The maximum absolute atomic E-state index is 11.1. The highest BCUT2D eigenvalue weighted by Gasteiger charge is 2.23. The molecule has 0 unspecified atom stereocenters. The molecule has 0 aliphatic carbocycles. The Morgan fingerprint density at radius 1 is 1.25 bits per heavy atom. The Morgan fingerprint density at radius 3 is 2.75 bits per heavy atom. The fraction of sp³-hybridized carbons (Fsp3) is 0.526. The van der Waals surface area contributed by atoms with Gasteiger partial charge in [-0.2, -0.15) is 0 Å². The molecular formula is C19H26N4O. The summed E-state index contributed by atoms with van der Waals surface area (Å²) in [6, 6.07) is 8.55.